The van der Waals surface area contributed by atoms with Gasteiger partial charge in [-0.1, -0.05) is 49.3 Å². The van der Waals surface area contributed by atoms with Gasteiger partial charge in [-0.05, 0) is 18.9 Å². The van der Waals surface area contributed by atoms with Gasteiger partial charge in [-0.15, -0.1) is 0 Å². The van der Waals surface area contributed by atoms with Crippen molar-refractivity contribution in [3.8, 4) is 0 Å². The summed E-state index contributed by atoms with van der Waals surface area (Å²) in [6, 6.07) is 0. The van der Waals surface area contributed by atoms with Gasteiger partial charge in [0.15, 0.2) is 5.62 Å². The van der Waals surface area contributed by atoms with Crippen LogP contribution in [0.4, 0.5) is 0 Å². The van der Waals surface area contributed by atoms with Crippen molar-refractivity contribution in [3.63, 3.8) is 0 Å². The third-order valence-corrected chi connectivity index (χ3v) is 3.35. The molecule has 86 valence electrons. The third-order valence-electron chi connectivity index (χ3n) is 2.12. The summed E-state index contributed by atoms with van der Waals surface area (Å²) in [6.45, 7) is 2.96. The monoisotopic (exact) mass is 220 g/mol. The van der Waals surface area contributed by atoms with Crippen molar-refractivity contribution in [2.24, 2.45) is 0 Å². The van der Waals surface area contributed by atoms with E-state index >= 15 is 0 Å². The highest BCUT2D eigenvalue weighted by atomic mass is 32.3. The molecule has 0 spiro atoms. The van der Waals surface area contributed by atoms with Crippen LogP contribution < -0.4 is 0 Å². The van der Waals surface area contributed by atoms with Crippen molar-refractivity contribution in [3.05, 3.63) is 0 Å². The van der Waals surface area contributed by atoms with E-state index in [4.69, 9.17) is 4.18 Å². The average molecular weight is 220 g/mol. The summed E-state index contributed by atoms with van der Waals surface area (Å²) in [6.07, 6.45) is 11.4. The maximum absolute atomic E-state index is 10.5. The van der Waals surface area contributed by atoms with Crippen LogP contribution >= 0.6 is 10.3 Å². The van der Waals surface area contributed by atoms with E-state index in [-0.39, 0.29) is 0 Å². The Hall–Kier alpha value is -0.0200. The Morgan fingerprint density at radius 2 is 1.64 bits per heavy atom. The lowest BCUT2D eigenvalue weighted by Gasteiger charge is -2.23. The Morgan fingerprint density at radius 3 is 2.21 bits per heavy atom. The van der Waals surface area contributed by atoms with Crippen LogP contribution in [0.15, 0.2) is 0 Å². The number of carbonyl (C=O) groups excluding carboxylic acids is 1. The molecule has 0 aromatic carbocycles. The van der Waals surface area contributed by atoms with Crippen molar-refractivity contribution < 1.29 is 8.98 Å². The van der Waals surface area contributed by atoms with Gasteiger partial charge >= 0.3 is 0 Å². The second kappa shape index (κ2) is 8.30. The molecule has 0 bridgehead atoms. The number of unbranched alkanes of at least 4 members (excludes halogenated alkanes) is 5. The molecular formula is C11H24O2S. The molecule has 0 heterocycles. The first kappa shape index (κ1) is 14.0. The Morgan fingerprint density at radius 1 is 1.07 bits per heavy atom. The summed E-state index contributed by atoms with van der Waals surface area (Å²) in [5.74, 6) is 0. The average Bonchev–Trinajstić information content (AvgIpc) is 2.16. The molecule has 0 aliphatic carbocycles. The zero-order chi connectivity index (χ0) is 10.9. The minimum atomic E-state index is -1.40. The fourth-order valence-corrected chi connectivity index (χ4v) is 1.79. The topological polar surface area (TPSA) is 26.3 Å². The zero-order valence-electron chi connectivity index (χ0n) is 9.75. The first-order valence-electron chi connectivity index (χ1n) is 5.45. The van der Waals surface area contributed by atoms with E-state index in [0.29, 0.717) is 0 Å². The van der Waals surface area contributed by atoms with Crippen molar-refractivity contribution in [1.82, 2.24) is 0 Å². The van der Waals surface area contributed by atoms with Gasteiger partial charge in [0.05, 0.1) is 6.61 Å². The molecule has 3 heteroatoms. The molecule has 0 aromatic rings. The summed E-state index contributed by atoms with van der Waals surface area (Å²) >= 11 is 0. The van der Waals surface area contributed by atoms with E-state index in [9.17, 15) is 4.79 Å². The second-order valence-corrected chi connectivity index (χ2v) is 7.04. The number of carbonyl (C=O) groups is 1. The van der Waals surface area contributed by atoms with Crippen LogP contribution in [-0.2, 0) is 8.98 Å². The van der Waals surface area contributed by atoms with Gasteiger partial charge in [-0.25, -0.2) is 0 Å². The van der Waals surface area contributed by atoms with Crippen LogP contribution in [0.1, 0.15) is 45.4 Å². The predicted molar refractivity (Wildman–Crippen MR) is 65.5 cm³/mol. The lowest BCUT2D eigenvalue weighted by Crippen LogP contribution is -2.03. The summed E-state index contributed by atoms with van der Waals surface area (Å²) < 4.78 is 5.50. The molecule has 0 saturated carbocycles. The van der Waals surface area contributed by atoms with Gasteiger partial charge in [-0.2, -0.15) is 0 Å². The quantitative estimate of drug-likeness (QED) is 0.439. The minimum Gasteiger partial charge on any atom is -0.331 e. The molecule has 0 fully saturated rings. The molecule has 14 heavy (non-hydrogen) atoms. The molecule has 0 amide bonds. The molecule has 0 rings (SSSR count). The highest BCUT2D eigenvalue weighted by Gasteiger charge is 2.08. The molecule has 0 aromatic heterocycles. The van der Waals surface area contributed by atoms with Crippen LogP contribution in [0.5, 0.6) is 0 Å². The van der Waals surface area contributed by atoms with Gasteiger partial charge in [0.2, 0.25) is 0 Å². The van der Waals surface area contributed by atoms with E-state index in [1.54, 1.807) is 0 Å². The zero-order valence-corrected chi connectivity index (χ0v) is 10.6. The lowest BCUT2D eigenvalue weighted by atomic mass is 10.1. The van der Waals surface area contributed by atoms with Gasteiger partial charge < -0.3 is 4.18 Å². The van der Waals surface area contributed by atoms with Gasteiger partial charge in [0.25, 0.3) is 0 Å². The van der Waals surface area contributed by atoms with Crippen LogP contribution in [0.2, 0.25) is 0 Å². The van der Waals surface area contributed by atoms with Gasteiger partial charge in [0, 0.05) is 0 Å². The normalized spacial score (nSPS) is 12.8. The molecule has 2 nitrogen and oxygen atoms in total. The highest BCUT2D eigenvalue weighted by molar-refractivity contribution is 8.39. The summed E-state index contributed by atoms with van der Waals surface area (Å²) in [4.78, 5) is 10.5. The van der Waals surface area contributed by atoms with Crippen molar-refractivity contribution in [2.75, 3.05) is 19.1 Å². The van der Waals surface area contributed by atoms with Crippen LogP contribution in [0.3, 0.4) is 0 Å². The minimum absolute atomic E-state index is 0.743. The summed E-state index contributed by atoms with van der Waals surface area (Å²) in [5.41, 5.74) is 0.948. The lowest BCUT2D eigenvalue weighted by molar-refractivity contribution is 0.346. The number of rotatable bonds is 9. The molecular weight excluding hydrogens is 196 g/mol. The van der Waals surface area contributed by atoms with Crippen molar-refractivity contribution in [2.45, 2.75) is 45.4 Å². The smallest absolute Gasteiger partial charge is 0.180 e. The van der Waals surface area contributed by atoms with Crippen LogP contribution in [0, 0.1) is 0 Å². The predicted octanol–water partition coefficient (Wildman–Crippen LogP) is 3.53. The first-order chi connectivity index (χ1) is 6.62. The summed E-state index contributed by atoms with van der Waals surface area (Å²) in [5, 5.41) is 0. The van der Waals surface area contributed by atoms with E-state index in [1.807, 2.05) is 12.5 Å². The fraction of sp³-hybridized carbons (Fsp3) is 0.909. The second-order valence-electron chi connectivity index (χ2n) is 4.00. The SMILES string of the molecule is CCCCCCCCOS(C)(C)C=O. The van der Waals surface area contributed by atoms with E-state index < -0.39 is 10.3 Å². The van der Waals surface area contributed by atoms with Crippen LogP contribution in [-0.4, -0.2) is 24.7 Å². The Bertz CT molecular complexity index is 146. The highest BCUT2D eigenvalue weighted by Crippen LogP contribution is 2.36. The van der Waals surface area contributed by atoms with E-state index in [1.165, 1.54) is 32.1 Å². The number of hydrogen-bond donors (Lipinski definition) is 0. The molecule has 0 atom stereocenters. The fourth-order valence-electron chi connectivity index (χ4n) is 1.18. The van der Waals surface area contributed by atoms with E-state index in [0.717, 1.165) is 18.6 Å². The molecule has 0 unspecified atom stereocenters. The van der Waals surface area contributed by atoms with Gasteiger partial charge in [0.1, 0.15) is 0 Å². The largest absolute Gasteiger partial charge is 0.331 e. The van der Waals surface area contributed by atoms with E-state index in [2.05, 4.69) is 6.92 Å². The maximum atomic E-state index is 10.5. The molecule has 0 N–H and O–H groups in total. The molecule has 0 saturated heterocycles. The Balaban J connectivity index is 3.17. The first-order valence-corrected chi connectivity index (χ1v) is 7.89. The van der Waals surface area contributed by atoms with Crippen molar-refractivity contribution in [1.29, 1.82) is 0 Å². The summed E-state index contributed by atoms with van der Waals surface area (Å²) in [7, 11) is -1.40. The van der Waals surface area contributed by atoms with Gasteiger partial charge in [-0.3, -0.25) is 4.79 Å². The molecule has 0 radical (unpaired) electrons. The number of hydrogen-bond acceptors (Lipinski definition) is 2. The maximum Gasteiger partial charge on any atom is 0.180 e. The van der Waals surface area contributed by atoms with Crippen molar-refractivity contribution >= 4 is 15.9 Å². The Labute approximate surface area is 89.9 Å². The molecule has 0 aliphatic heterocycles. The third kappa shape index (κ3) is 8.57. The molecule has 0 aliphatic rings. The van der Waals surface area contributed by atoms with Crippen LogP contribution in [0.25, 0.3) is 0 Å². The standard InChI is InChI=1S/C11H24O2S/c1-4-5-6-7-8-9-10-13-14(2,3)11-12/h11H,4-10H2,1-3H3. The Kier molecular flexibility index (Phi) is 8.29.